The molecule has 0 amide bonds. The molecule has 1 N–H and O–H groups in total. The second-order valence-electron chi connectivity index (χ2n) is 5.79. The van der Waals surface area contributed by atoms with Gasteiger partial charge in [-0.05, 0) is 37.4 Å². The Kier molecular flexibility index (Phi) is 2.68. The Labute approximate surface area is 118 Å². The summed E-state index contributed by atoms with van der Waals surface area (Å²) in [5.41, 5.74) is 1.15. The highest BCUT2D eigenvalue weighted by Gasteiger charge is 2.47. The lowest BCUT2D eigenvalue weighted by Gasteiger charge is -2.35. The molecule has 1 atom stereocenters. The third-order valence-corrected chi connectivity index (χ3v) is 4.78. The fraction of sp³-hybridized carbons (Fsp3) is 0.600. The molecule has 4 heteroatoms. The molecule has 1 spiro atoms. The summed E-state index contributed by atoms with van der Waals surface area (Å²) in [5.74, 6) is 1.31. The molecule has 2 aliphatic heterocycles. The summed E-state index contributed by atoms with van der Waals surface area (Å²) in [6, 6.07) is 4.36. The van der Waals surface area contributed by atoms with Crippen LogP contribution in [0, 0.1) is 0 Å². The van der Waals surface area contributed by atoms with Gasteiger partial charge in [0.1, 0.15) is 0 Å². The summed E-state index contributed by atoms with van der Waals surface area (Å²) in [6.45, 7) is 1.07. The molecule has 1 unspecified atom stereocenters. The van der Waals surface area contributed by atoms with Gasteiger partial charge < -0.3 is 14.8 Å². The van der Waals surface area contributed by atoms with Crippen LogP contribution < -0.4 is 14.8 Å². The number of halogens is 1. The molecule has 1 aromatic carbocycles. The van der Waals surface area contributed by atoms with E-state index >= 15 is 0 Å². The molecule has 1 saturated carbocycles. The maximum atomic E-state index is 6.42. The molecular weight excluding hydrogens is 262 g/mol. The molecule has 102 valence electrons. The maximum Gasteiger partial charge on any atom is 0.251 e. The summed E-state index contributed by atoms with van der Waals surface area (Å²) < 4.78 is 11.9. The first-order valence-electron chi connectivity index (χ1n) is 7.21. The quantitative estimate of drug-likeness (QED) is 0.848. The fourth-order valence-corrected chi connectivity index (χ4v) is 3.47. The van der Waals surface area contributed by atoms with E-state index in [4.69, 9.17) is 21.1 Å². The van der Waals surface area contributed by atoms with E-state index in [-0.39, 0.29) is 5.79 Å². The van der Waals surface area contributed by atoms with Gasteiger partial charge in [-0.3, -0.25) is 0 Å². The van der Waals surface area contributed by atoms with Gasteiger partial charge in [0.25, 0.3) is 5.79 Å². The van der Waals surface area contributed by atoms with E-state index in [2.05, 4.69) is 11.4 Å². The van der Waals surface area contributed by atoms with Crippen LogP contribution in [0.1, 0.15) is 50.1 Å². The maximum absolute atomic E-state index is 6.42. The normalized spacial score (nSPS) is 27.3. The number of piperidine rings is 1. The van der Waals surface area contributed by atoms with Crippen LogP contribution in [0.2, 0.25) is 5.02 Å². The second kappa shape index (κ2) is 4.29. The highest BCUT2D eigenvalue weighted by molar-refractivity contribution is 6.31. The smallest absolute Gasteiger partial charge is 0.251 e. The zero-order chi connectivity index (χ0) is 12.9. The van der Waals surface area contributed by atoms with Gasteiger partial charge in [0.05, 0.1) is 0 Å². The number of nitrogens with one attached hydrogen (secondary N) is 1. The van der Waals surface area contributed by atoms with Gasteiger partial charge >= 0.3 is 0 Å². The molecule has 1 aliphatic carbocycles. The Balaban J connectivity index is 1.65. The number of ether oxygens (including phenoxy) is 2. The van der Waals surface area contributed by atoms with Crippen LogP contribution >= 0.6 is 11.6 Å². The van der Waals surface area contributed by atoms with Crippen molar-refractivity contribution in [3.63, 3.8) is 0 Å². The van der Waals surface area contributed by atoms with Gasteiger partial charge in [0.15, 0.2) is 11.5 Å². The Morgan fingerprint density at radius 3 is 2.53 bits per heavy atom. The standard InChI is InChI=1S/C15H18ClNO2/c16-11-9-14-13(18-15(19-14)5-3-6-15)8-10(11)12-4-1-2-7-17-12/h8-9,12,17H,1-7H2. The minimum atomic E-state index is -0.371. The van der Waals surface area contributed by atoms with E-state index in [1.54, 1.807) is 0 Å². The molecular formula is C15H18ClNO2. The first-order valence-corrected chi connectivity index (χ1v) is 7.58. The van der Waals surface area contributed by atoms with E-state index in [0.29, 0.717) is 6.04 Å². The van der Waals surface area contributed by atoms with Gasteiger partial charge in [-0.1, -0.05) is 18.0 Å². The first kappa shape index (κ1) is 11.9. The van der Waals surface area contributed by atoms with E-state index in [1.165, 1.54) is 19.3 Å². The van der Waals surface area contributed by atoms with Crippen molar-refractivity contribution in [2.24, 2.45) is 0 Å². The molecule has 0 bridgehead atoms. The molecule has 4 rings (SSSR count). The third-order valence-electron chi connectivity index (χ3n) is 4.46. The molecule has 3 aliphatic rings. The number of rotatable bonds is 1. The van der Waals surface area contributed by atoms with E-state index < -0.39 is 0 Å². The zero-order valence-corrected chi connectivity index (χ0v) is 11.6. The molecule has 2 fully saturated rings. The van der Waals surface area contributed by atoms with Crippen molar-refractivity contribution >= 4 is 11.6 Å². The van der Waals surface area contributed by atoms with Crippen LogP contribution in [0.5, 0.6) is 11.5 Å². The number of fused-ring (bicyclic) bond motifs is 1. The van der Waals surface area contributed by atoms with Crippen LogP contribution in [0.15, 0.2) is 12.1 Å². The first-order chi connectivity index (χ1) is 9.26. The van der Waals surface area contributed by atoms with Crippen LogP contribution in [0.3, 0.4) is 0 Å². The van der Waals surface area contributed by atoms with Crippen molar-refractivity contribution in [1.29, 1.82) is 0 Å². The highest BCUT2D eigenvalue weighted by Crippen LogP contribution is 2.50. The Morgan fingerprint density at radius 1 is 1.11 bits per heavy atom. The molecule has 2 heterocycles. The lowest BCUT2D eigenvalue weighted by molar-refractivity contribution is -0.138. The van der Waals surface area contributed by atoms with Crippen LogP contribution in [0.25, 0.3) is 0 Å². The Morgan fingerprint density at radius 2 is 1.89 bits per heavy atom. The van der Waals surface area contributed by atoms with Crippen molar-refractivity contribution in [3.05, 3.63) is 22.7 Å². The summed E-state index contributed by atoms with van der Waals surface area (Å²) in [6.07, 6.45) is 6.80. The molecule has 1 saturated heterocycles. The highest BCUT2D eigenvalue weighted by atomic mass is 35.5. The van der Waals surface area contributed by atoms with Crippen molar-refractivity contribution in [2.45, 2.75) is 50.4 Å². The fourth-order valence-electron chi connectivity index (χ4n) is 3.19. The number of benzene rings is 1. The van der Waals surface area contributed by atoms with Crippen molar-refractivity contribution < 1.29 is 9.47 Å². The topological polar surface area (TPSA) is 30.5 Å². The Bertz CT molecular complexity index is 507. The van der Waals surface area contributed by atoms with Crippen molar-refractivity contribution in [1.82, 2.24) is 5.32 Å². The largest absolute Gasteiger partial charge is 0.448 e. The molecule has 19 heavy (non-hydrogen) atoms. The third kappa shape index (κ3) is 1.91. The van der Waals surface area contributed by atoms with Crippen molar-refractivity contribution in [3.8, 4) is 11.5 Å². The summed E-state index contributed by atoms with van der Waals surface area (Å²) in [7, 11) is 0. The van der Waals surface area contributed by atoms with Crippen molar-refractivity contribution in [2.75, 3.05) is 6.54 Å². The van der Waals surface area contributed by atoms with Gasteiger partial charge in [0.2, 0.25) is 0 Å². The van der Waals surface area contributed by atoms with E-state index in [0.717, 1.165) is 47.9 Å². The predicted octanol–water partition coefficient (Wildman–Crippen LogP) is 3.81. The van der Waals surface area contributed by atoms with Crippen LogP contribution in [-0.2, 0) is 0 Å². The average molecular weight is 280 g/mol. The SMILES string of the molecule is Clc1cc2c(cc1C1CCCCN1)OC1(CCC1)O2. The zero-order valence-electron chi connectivity index (χ0n) is 10.9. The van der Waals surface area contributed by atoms with Gasteiger partial charge in [-0.25, -0.2) is 0 Å². The van der Waals surface area contributed by atoms with E-state index in [9.17, 15) is 0 Å². The van der Waals surface area contributed by atoms with E-state index in [1.807, 2.05) is 6.07 Å². The monoisotopic (exact) mass is 279 g/mol. The summed E-state index contributed by atoms with van der Waals surface area (Å²) in [5, 5.41) is 4.33. The molecule has 1 aromatic rings. The minimum Gasteiger partial charge on any atom is -0.448 e. The average Bonchev–Trinajstić information content (AvgIpc) is 2.77. The van der Waals surface area contributed by atoms with Gasteiger partial charge in [-0.15, -0.1) is 0 Å². The Hall–Kier alpha value is -0.930. The summed E-state index contributed by atoms with van der Waals surface area (Å²) in [4.78, 5) is 0. The predicted molar refractivity (Wildman–Crippen MR) is 73.9 cm³/mol. The number of hydrogen-bond acceptors (Lipinski definition) is 3. The lowest BCUT2D eigenvalue weighted by atomic mass is 9.91. The van der Waals surface area contributed by atoms with Crippen LogP contribution in [0.4, 0.5) is 0 Å². The second-order valence-corrected chi connectivity index (χ2v) is 6.20. The molecule has 0 radical (unpaired) electrons. The van der Waals surface area contributed by atoms with Gasteiger partial charge in [0, 0.05) is 30.0 Å². The molecule has 0 aromatic heterocycles. The summed E-state index contributed by atoms with van der Waals surface area (Å²) >= 11 is 6.42. The lowest BCUT2D eigenvalue weighted by Crippen LogP contribution is -2.45. The minimum absolute atomic E-state index is 0.355. The van der Waals surface area contributed by atoms with Crippen LogP contribution in [-0.4, -0.2) is 12.3 Å². The molecule has 3 nitrogen and oxygen atoms in total. The van der Waals surface area contributed by atoms with Gasteiger partial charge in [-0.2, -0.15) is 0 Å². The number of hydrogen-bond donors (Lipinski definition) is 1.